The van der Waals surface area contributed by atoms with Gasteiger partial charge in [0.05, 0.1) is 11.1 Å². The molecule has 3 rings (SSSR count). The van der Waals surface area contributed by atoms with Crippen molar-refractivity contribution in [1.82, 2.24) is 9.29 Å². The highest BCUT2D eigenvalue weighted by Crippen LogP contribution is 2.26. The average molecular weight is 338 g/mol. The fourth-order valence-corrected chi connectivity index (χ4v) is 4.86. The number of hydrogen-bond acceptors (Lipinski definition) is 6. The van der Waals surface area contributed by atoms with Gasteiger partial charge in [0.2, 0.25) is 10.0 Å². The molecule has 0 amide bonds. The summed E-state index contributed by atoms with van der Waals surface area (Å²) < 4.78 is 31.4. The van der Waals surface area contributed by atoms with Crippen molar-refractivity contribution >= 4 is 27.3 Å². The Morgan fingerprint density at radius 3 is 2.77 bits per heavy atom. The predicted molar refractivity (Wildman–Crippen MR) is 81.5 cm³/mol. The first-order chi connectivity index (χ1) is 10.6. The molecule has 1 aliphatic rings. The summed E-state index contributed by atoms with van der Waals surface area (Å²) in [6.45, 7) is 1.07. The molecular formula is C14H14N2O4S2. The highest BCUT2D eigenvalue weighted by Gasteiger charge is 2.29. The van der Waals surface area contributed by atoms with E-state index in [0.717, 1.165) is 24.2 Å². The molecule has 2 aromatic heterocycles. The molecule has 22 heavy (non-hydrogen) atoms. The predicted octanol–water partition coefficient (Wildman–Crippen LogP) is 2.15. The maximum atomic E-state index is 12.4. The zero-order chi connectivity index (χ0) is 15.6. The fourth-order valence-electron chi connectivity index (χ4n) is 2.20. The molecule has 0 aromatic carbocycles. The molecule has 0 spiro atoms. The molecule has 116 valence electrons. The Balaban J connectivity index is 1.77. The van der Waals surface area contributed by atoms with Gasteiger partial charge in [-0.3, -0.25) is 4.98 Å². The van der Waals surface area contributed by atoms with Crippen molar-refractivity contribution in [2.45, 2.75) is 17.7 Å². The number of nitrogens with zero attached hydrogens (tertiary/aromatic N) is 2. The van der Waals surface area contributed by atoms with Crippen LogP contribution in [-0.4, -0.2) is 36.8 Å². The van der Waals surface area contributed by atoms with Gasteiger partial charge in [-0.15, -0.1) is 11.3 Å². The van der Waals surface area contributed by atoms with Gasteiger partial charge in [0, 0.05) is 24.7 Å². The molecule has 0 unspecified atom stereocenters. The summed E-state index contributed by atoms with van der Waals surface area (Å²) in [6, 6.07) is 4.64. The molecule has 0 radical (unpaired) electrons. The molecule has 2 aromatic rings. The van der Waals surface area contributed by atoms with Crippen molar-refractivity contribution in [3.05, 3.63) is 40.8 Å². The number of carbonyl (C=O) groups is 1. The number of esters is 1. The number of carbonyl (C=O) groups excluding carboxylic acids is 1. The van der Waals surface area contributed by atoms with E-state index in [9.17, 15) is 13.2 Å². The van der Waals surface area contributed by atoms with Gasteiger partial charge in [-0.05, 0) is 31.0 Å². The molecule has 6 nitrogen and oxygen atoms in total. The Labute approximate surface area is 132 Å². The van der Waals surface area contributed by atoms with Gasteiger partial charge in [0.1, 0.15) is 10.6 Å². The van der Waals surface area contributed by atoms with E-state index in [2.05, 4.69) is 4.98 Å². The van der Waals surface area contributed by atoms with Crippen molar-refractivity contribution < 1.29 is 17.9 Å². The number of sulfonamides is 1. The highest BCUT2D eigenvalue weighted by molar-refractivity contribution is 7.89. The highest BCUT2D eigenvalue weighted by atomic mass is 32.2. The van der Waals surface area contributed by atoms with Gasteiger partial charge >= 0.3 is 5.97 Å². The lowest BCUT2D eigenvalue weighted by molar-refractivity contribution is 0.0739. The molecule has 0 saturated carbocycles. The Morgan fingerprint density at radius 2 is 2.09 bits per heavy atom. The van der Waals surface area contributed by atoms with Gasteiger partial charge in [0.25, 0.3) is 0 Å². The number of pyridine rings is 1. The molecule has 0 N–H and O–H groups in total. The smallest absolute Gasteiger partial charge is 0.353 e. The summed E-state index contributed by atoms with van der Waals surface area (Å²) in [5, 5.41) is 1.48. The second-order valence-corrected chi connectivity index (χ2v) is 7.69. The van der Waals surface area contributed by atoms with Crippen LogP contribution in [0, 0.1) is 0 Å². The molecule has 8 heteroatoms. The summed E-state index contributed by atoms with van der Waals surface area (Å²) in [4.78, 5) is 16.3. The Hall–Kier alpha value is -1.77. The van der Waals surface area contributed by atoms with E-state index in [1.807, 2.05) is 0 Å². The van der Waals surface area contributed by atoms with Crippen LogP contribution in [0.5, 0.6) is 5.75 Å². The first-order valence-electron chi connectivity index (χ1n) is 6.78. The van der Waals surface area contributed by atoms with Crippen LogP contribution in [-0.2, 0) is 10.0 Å². The lowest BCUT2D eigenvalue weighted by atomic mass is 10.4. The third-order valence-electron chi connectivity index (χ3n) is 3.32. The van der Waals surface area contributed by atoms with E-state index in [0.29, 0.717) is 18.8 Å². The molecular weight excluding hydrogens is 324 g/mol. The molecule has 0 aliphatic carbocycles. The summed E-state index contributed by atoms with van der Waals surface area (Å²) in [6.07, 6.45) is 4.75. The number of ether oxygens (including phenoxy) is 1. The topological polar surface area (TPSA) is 76.6 Å². The average Bonchev–Trinajstić information content (AvgIpc) is 3.20. The van der Waals surface area contributed by atoms with E-state index in [-0.39, 0.29) is 9.77 Å². The van der Waals surface area contributed by atoms with E-state index < -0.39 is 16.0 Å². The lowest BCUT2D eigenvalue weighted by Crippen LogP contribution is -2.27. The molecule has 0 bridgehead atoms. The van der Waals surface area contributed by atoms with Crippen LogP contribution in [0.25, 0.3) is 0 Å². The van der Waals surface area contributed by atoms with E-state index >= 15 is 0 Å². The number of thiophene rings is 1. The molecule has 0 atom stereocenters. The van der Waals surface area contributed by atoms with Crippen LogP contribution in [0.4, 0.5) is 0 Å². The molecule has 1 saturated heterocycles. The summed E-state index contributed by atoms with van der Waals surface area (Å²) >= 11 is 1.06. The van der Waals surface area contributed by atoms with Crippen molar-refractivity contribution in [3.8, 4) is 5.75 Å². The van der Waals surface area contributed by atoms with Crippen LogP contribution in [0.3, 0.4) is 0 Å². The zero-order valence-electron chi connectivity index (χ0n) is 11.6. The number of hydrogen-bond donors (Lipinski definition) is 0. The summed E-state index contributed by atoms with van der Waals surface area (Å²) in [5.41, 5.74) is 0. The minimum Gasteiger partial charge on any atom is -0.421 e. The molecule has 1 aliphatic heterocycles. The lowest BCUT2D eigenvalue weighted by Gasteiger charge is -2.13. The third kappa shape index (κ3) is 3.03. The van der Waals surface area contributed by atoms with Gasteiger partial charge in [-0.1, -0.05) is 0 Å². The summed E-state index contributed by atoms with van der Waals surface area (Å²) in [7, 11) is -3.50. The van der Waals surface area contributed by atoms with Crippen LogP contribution >= 0.6 is 11.3 Å². The SMILES string of the molecule is O=C(Oc1cccnc1)c1cc(S(=O)(=O)N2CCCC2)cs1. The fraction of sp³-hybridized carbons (Fsp3) is 0.286. The molecule has 1 fully saturated rings. The van der Waals surface area contributed by atoms with Crippen LogP contribution in [0.15, 0.2) is 40.9 Å². The quantitative estimate of drug-likeness (QED) is 0.798. The minimum absolute atomic E-state index is 0.150. The normalized spacial score (nSPS) is 15.8. The number of rotatable bonds is 4. The number of aromatic nitrogens is 1. The van der Waals surface area contributed by atoms with Gasteiger partial charge in [-0.25, -0.2) is 13.2 Å². The maximum Gasteiger partial charge on any atom is 0.353 e. The largest absolute Gasteiger partial charge is 0.421 e. The summed E-state index contributed by atoms with van der Waals surface area (Å²) in [5.74, 6) is -0.259. The van der Waals surface area contributed by atoms with Crippen LogP contribution in [0.1, 0.15) is 22.5 Å². The van der Waals surface area contributed by atoms with Crippen molar-refractivity contribution in [3.63, 3.8) is 0 Å². The first kappa shape index (κ1) is 15.1. The van der Waals surface area contributed by atoms with Crippen molar-refractivity contribution in [2.75, 3.05) is 13.1 Å². The van der Waals surface area contributed by atoms with E-state index in [4.69, 9.17) is 4.74 Å². The molecule has 3 heterocycles. The Morgan fingerprint density at radius 1 is 1.32 bits per heavy atom. The van der Waals surface area contributed by atoms with Crippen molar-refractivity contribution in [2.24, 2.45) is 0 Å². The maximum absolute atomic E-state index is 12.4. The van der Waals surface area contributed by atoms with E-state index in [1.165, 1.54) is 21.9 Å². The third-order valence-corrected chi connectivity index (χ3v) is 6.26. The van der Waals surface area contributed by atoms with Crippen molar-refractivity contribution in [1.29, 1.82) is 0 Å². The monoisotopic (exact) mass is 338 g/mol. The zero-order valence-corrected chi connectivity index (χ0v) is 13.3. The Kier molecular flexibility index (Phi) is 4.23. The van der Waals surface area contributed by atoms with Gasteiger partial charge in [0.15, 0.2) is 0 Å². The van der Waals surface area contributed by atoms with E-state index in [1.54, 1.807) is 18.3 Å². The Bertz CT molecular complexity index is 765. The second kappa shape index (κ2) is 6.15. The standard InChI is InChI=1S/C14H14N2O4S2/c17-14(20-11-4-3-5-15-9-11)13-8-12(10-21-13)22(18,19)16-6-1-2-7-16/h3-5,8-10H,1-2,6-7H2. The van der Waals surface area contributed by atoms with Crippen LogP contribution in [0.2, 0.25) is 0 Å². The van der Waals surface area contributed by atoms with Gasteiger partial charge in [-0.2, -0.15) is 4.31 Å². The van der Waals surface area contributed by atoms with Crippen LogP contribution < -0.4 is 4.74 Å². The second-order valence-electron chi connectivity index (χ2n) is 4.84. The first-order valence-corrected chi connectivity index (χ1v) is 9.10. The van der Waals surface area contributed by atoms with Gasteiger partial charge < -0.3 is 4.74 Å². The minimum atomic E-state index is -3.50.